The van der Waals surface area contributed by atoms with Gasteiger partial charge in [-0.05, 0) is 31.0 Å². The van der Waals surface area contributed by atoms with Crippen LogP contribution in [-0.2, 0) is 14.6 Å². The van der Waals surface area contributed by atoms with Gasteiger partial charge in [-0.15, -0.1) is 0 Å². The van der Waals surface area contributed by atoms with Crippen molar-refractivity contribution in [3.05, 3.63) is 27.7 Å². The minimum atomic E-state index is -3.07. The minimum Gasteiger partial charge on any atom is -0.304 e. The van der Waals surface area contributed by atoms with Gasteiger partial charge in [-0.2, -0.15) is 0 Å². The van der Waals surface area contributed by atoms with E-state index in [-0.39, 0.29) is 18.1 Å². The number of sulfone groups is 1. The number of benzene rings is 1. The number of fused-ring (bicyclic) bond motifs is 1. The Bertz CT molecular complexity index is 712. The van der Waals surface area contributed by atoms with Crippen LogP contribution in [-0.4, -0.2) is 38.2 Å². The van der Waals surface area contributed by atoms with Gasteiger partial charge in [-0.25, -0.2) is 8.42 Å². The van der Waals surface area contributed by atoms with Crippen molar-refractivity contribution in [3.8, 4) is 0 Å². The number of aryl methyl sites for hydroxylation is 1. The fourth-order valence-electron chi connectivity index (χ4n) is 2.41. The Kier molecular flexibility index (Phi) is 4.53. The molecule has 0 saturated carbocycles. The summed E-state index contributed by atoms with van der Waals surface area (Å²) in [5, 5.41) is 0. The highest BCUT2D eigenvalue weighted by molar-refractivity contribution is 9.10. The van der Waals surface area contributed by atoms with Crippen molar-refractivity contribution in [2.75, 3.05) is 23.0 Å². The molecule has 0 spiro atoms. The van der Waals surface area contributed by atoms with Gasteiger partial charge in [0.1, 0.15) is 9.84 Å². The predicted molar refractivity (Wildman–Crippen MR) is 84.5 cm³/mol. The van der Waals surface area contributed by atoms with Crippen molar-refractivity contribution < 1.29 is 18.0 Å². The molecule has 0 bridgehead atoms. The van der Waals surface area contributed by atoms with Crippen LogP contribution >= 0.6 is 15.9 Å². The normalized spacial score (nSPS) is 14.7. The summed E-state index contributed by atoms with van der Waals surface area (Å²) in [7, 11) is -3.07. The molecule has 0 aromatic heterocycles. The maximum atomic E-state index is 12.1. The number of amides is 1. The van der Waals surface area contributed by atoms with Gasteiger partial charge in [0.2, 0.25) is 0 Å². The largest absolute Gasteiger partial charge is 0.304 e. The lowest BCUT2D eigenvalue weighted by molar-refractivity contribution is -0.114. The number of carbonyl (C=O) groups excluding carboxylic acids is 2. The first-order chi connectivity index (χ1) is 9.76. The van der Waals surface area contributed by atoms with Crippen molar-refractivity contribution in [2.24, 2.45) is 0 Å². The number of hydrogen-bond acceptors (Lipinski definition) is 4. The molecule has 114 valence electrons. The van der Waals surface area contributed by atoms with Crippen LogP contribution in [0.5, 0.6) is 0 Å². The number of nitrogens with zero attached hydrogens (tertiary/aromatic N) is 1. The van der Waals surface area contributed by atoms with Crippen LogP contribution in [0, 0.1) is 6.92 Å². The van der Waals surface area contributed by atoms with Crippen LogP contribution < -0.4 is 4.90 Å². The van der Waals surface area contributed by atoms with E-state index < -0.39 is 21.5 Å². The van der Waals surface area contributed by atoms with Gasteiger partial charge < -0.3 is 4.90 Å². The van der Waals surface area contributed by atoms with Gasteiger partial charge in [0, 0.05) is 16.8 Å². The molecule has 21 heavy (non-hydrogen) atoms. The summed E-state index contributed by atoms with van der Waals surface area (Å²) < 4.78 is 23.7. The molecular weight excluding hydrogens is 358 g/mol. The highest BCUT2D eigenvalue weighted by Gasteiger charge is 2.36. The molecule has 0 aliphatic carbocycles. The summed E-state index contributed by atoms with van der Waals surface area (Å²) in [5.74, 6) is -1.01. The first-order valence-corrected chi connectivity index (χ1v) is 9.25. The minimum absolute atomic E-state index is 0.0202. The molecule has 1 heterocycles. The van der Waals surface area contributed by atoms with E-state index in [1.165, 1.54) is 4.90 Å². The highest BCUT2D eigenvalue weighted by atomic mass is 79.9. The molecule has 5 nitrogen and oxygen atoms in total. The van der Waals surface area contributed by atoms with Crippen molar-refractivity contribution in [2.45, 2.75) is 20.3 Å². The number of carbonyl (C=O) groups is 2. The predicted octanol–water partition coefficient (Wildman–Crippen LogP) is 2.11. The summed E-state index contributed by atoms with van der Waals surface area (Å²) in [4.78, 5) is 25.5. The Morgan fingerprint density at radius 1 is 1.24 bits per heavy atom. The highest BCUT2D eigenvalue weighted by Crippen LogP contribution is 2.35. The SMILES string of the molecule is CCS(=O)(=O)CCCN1C(=O)C(=O)c2cc(Br)cc(C)c21. The van der Waals surface area contributed by atoms with Crippen LogP contribution in [0.1, 0.15) is 29.3 Å². The molecular formula is C14H16BrNO4S. The van der Waals surface area contributed by atoms with Gasteiger partial charge in [-0.3, -0.25) is 9.59 Å². The van der Waals surface area contributed by atoms with Crippen molar-refractivity contribution >= 4 is 43.1 Å². The summed E-state index contributed by atoms with van der Waals surface area (Å²) in [6, 6.07) is 3.46. The molecule has 1 aliphatic heterocycles. The summed E-state index contributed by atoms with van der Waals surface area (Å²) in [6.07, 6.45) is 0.324. The Balaban J connectivity index is 2.24. The van der Waals surface area contributed by atoms with Gasteiger partial charge in [0.05, 0.1) is 17.0 Å². The lowest BCUT2D eigenvalue weighted by Gasteiger charge is -2.18. The van der Waals surface area contributed by atoms with E-state index in [2.05, 4.69) is 15.9 Å². The van der Waals surface area contributed by atoms with Crippen molar-refractivity contribution in [3.63, 3.8) is 0 Å². The average Bonchev–Trinajstić information content (AvgIpc) is 2.64. The third-order valence-corrected chi connectivity index (χ3v) is 5.74. The molecule has 0 atom stereocenters. The van der Waals surface area contributed by atoms with E-state index in [4.69, 9.17) is 0 Å². The third kappa shape index (κ3) is 3.18. The number of halogens is 1. The molecule has 1 amide bonds. The second-order valence-electron chi connectivity index (χ2n) is 4.99. The first-order valence-electron chi connectivity index (χ1n) is 6.63. The molecule has 0 fully saturated rings. The second-order valence-corrected chi connectivity index (χ2v) is 8.38. The van der Waals surface area contributed by atoms with Crippen molar-refractivity contribution in [1.82, 2.24) is 0 Å². The molecule has 0 saturated heterocycles. The van der Waals surface area contributed by atoms with E-state index in [0.29, 0.717) is 17.7 Å². The number of rotatable bonds is 5. The number of hydrogen-bond donors (Lipinski definition) is 0. The molecule has 1 aromatic rings. The molecule has 1 aromatic carbocycles. The molecule has 0 radical (unpaired) electrons. The number of anilines is 1. The topological polar surface area (TPSA) is 71.5 Å². The van der Waals surface area contributed by atoms with E-state index in [9.17, 15) is 18.0 Å². The van der Waals surface area contributed by atoms with E-state index in [1.807, 2.05) is 13.0 Å². The van der Waals surface area contributed by atoms with Crippen LogP contribution in [0.25, 0.3) is 0 Å². The molecule has 1 aliphatic rings. The Morgan fingerprint density at radius 3 is 2.52 bits per heavy atom. The number of Topliss-reactive ketones (excluding diaryl/α,β-unsaturated/α-hetero) is 1. The quantitative estimate of drug-likeness (QED) is 0.741. The Morgan fingerprint density at radius 2 is 1.90 bits per heavy atom. The lowest BCUT2D eigenvalue weighted by Crippen LogP contribution is -2.32. The Hall–Kier alpha value is -1.21. The molecule has 2 rings (SSSR count). The van der Waals surface area contributed by atoms with Gasteiger partial charge in [-0.1, -0.05) is 22.9 Å². The summed E-state index contributed by atoms with van der Waals surface area (Å²) in [5.41, 5.74) is 1.80. The van der Waals surface area contributed by atoms with E-state index in [1.54, 1.807) is 13.0 Å². The maximum absolute atomic E-state index is 12.1. The zero-order valence-electron chi connectivity index (χ0n) is 11.8. The number of ketones is 1. The first kappa shape index (κ1) is 16.2. The standard InChI is InChI=1S/C14H16BrNO4S/c1-3-21(19,20)6-4-5-16-12-9(2)7-10(15)8-11(12)13(17)14(16)18/h7-8H,3-6H2,1-2H3. The summed E-state index contributed by atoms with van der Waals surface area (Å²) in [6.45, 7) is 3.65. The fraction of sp³-hybridized carbons (Fsp3) is 0.429. The average molecular weight is 374 g/mol. The third-order valence-electron chi connectivity index (χ3n) is 3.50. The van der Waals surface area contributed by atoms with Crippen LogP contribution in [0.3, 0.4) is 0 Å². The fourth-order valence-corrected chi connectivity index (χ4v) is 3.84. The monoisotopic (exact) mass is 373 g/mol. The van der Waals surface area contributed by atoms with Gasteiger partial charge >= 0.3 is 0 Å². The smallest absolute Gasteiger partial charge is 0.299 e. The van der Waals surface area contributed by atoms with E-state index in [0.717, 1.165) is 10.0 Å². The Labute approximate surface area is 132 Å². The van der Waals surface area contributed by atoms with Crippen molar-refractivity contribution in [1.29, 1.82) is 0 Å². The molecule has 0 unspecified atom stereocenters. The van der Waals surface area contributed by atoms with Gasteiger partial charge in [0.25, 0.3) is 11.7 Å². The zero-order chi connectivity index (χ0) is 15.8. The lowest BCUT2D eigenvalue weighted by atomic mass is 10.1. The van der Waals surface area contributed by atoms with Crippen LogP contribution in [0.4, 0.5) is 5.69 Å². The van der Waals surface area contributed by atoms with E-state index >= 15 is 0 Å². The summed E-state index contributed by atoms with van der Waals surface area (Å²) >= 11 is 3.31. The van der Waals surface area contributed by atoms with Gasteiger partial charge in [0.15, 0.2) is 0 Å². The maximum Gasteiger partial charge on any atom is 0.299 e. The second kappa shape index (κ2) is 5.88. The molecule has 7 heteroatoms. The molecule has 0 N–H and O–H groups in total. The zero-order valence-corrected chi connectivity index (χ0v) is 14.3. The van der Waals surface area contributed by atoms with Crippen LogP contribution in [0.15, 0.2) is 16.6 Å². The van der Waals surface area contributed by atoms with Crippen LogP contribution in [0.2, 0.25) is 0 Å².